The second-order valence-electron chi connectivity index (χ2n) is 4.08. The number of carbonyl (C=O) groups is 1. The molecule has 2 atom stereocenters. The van der Waals surface area contributed by atoms with Crippen molar-refractivity contribution in [3.63, 3.8) is 0 Å². The second-order valence-corrected chi connectivity index (χ2v) is 5.91. The van der Waals surface area contributed by atoms with Gasteiger partial charge in [0.25, 0.3) is 5.34 Å². The summed E-state index contributed by atoms with van der Waals surface area (Å²) in [5, 5.41) is 18.4. The lowest BCUT2D eigenvalue weighted by molar-refractivity contribution is -0.153. The molecule has 2 unspecified atom stereocenters. The van der Waals surface area contributed by atoms with E-state index >= 15 is 0 Å². The molecule has 8 heteroatoms. The Morgan fingerprint density at radius 2 is 2.12 bits per heavy atom. The molecule has 1 rings (SSSR count). The molecule has 1 saturated heterocycles. The van der Waals surface area contributed by atoms with E-state index in [0.29, 0.717) is 13.0 Å². The number of carboxylic acids is 1. The Morgan fingerprint density at radius 3 is 2.50 bits per heavy atom. The predicted molar refractivity (Wildman–Crippen MR) is 54.8 cm³/mol. The van der Waals surface area contributed by atoms with E-state index in [1.807, 2.05) is 0 Å². The first-order valence-electron chi connectivity index (χ1n) is 4.99. The number of aliphatic carboxylic acids is 1. The van der Waals surface area contributed by atoms with E-state index in [1.165, 1.54) is 0 Å². The van der Waals surface area contributed by atoms with Gasteiger partial charge in [0.05, 0.1) is 0 Å². The van der Waals surface area contributed by atoms with E-state index in [0.717, 1.165) is 13.0 Å². The van der Waals surface area contributed by atoms with E-state index in [4.69, 9.17) is 14.9 Å². The predicted octanol–water partition coefficient (Wildman–Crippen LogP) is -0.673. The van der Waals surface area contributed by atoms with Crippen molar-refractivity contribution in [3.05, 3.63) is 0 Å². The smallest absolute Gasteiger partial charge is 0.368 e. The molecule has 0 radical (unpaired) electrons. The van der Waals surface area contributed by atoms with Crippen molar-refractivity contribution in [1.29, 1.82) is 0 Å². The minimum Gasteiger partial charge on any atom is -0.479 e. The average Bonchev–Trinajstić information content (AvgIpc) is 2.17. The van der Waals surface area contributed by atoms with Gasteiger partial charge in [0, 0.05) is 6.42 Å². The molecule has 1 fully saturated rings. The summed E-state index contributed by atoms with van der Waals surface area (Å²) in [6.45, 7) is 1.27. The summed E-state index contributed by atoms with van der Waals surface area (Å²) in [6, 6.07) is 0. The number of hydrogen-bond donors (Lipinski definition) is 5. The van der Waals surface area contributed by atoms with Gasteiger partial charge in [-0.05, 0) is 31.8 Å². The van der Waals surface area contributed by atoms with Gasteiger partial charge in [-0.15, -0.1) is 0 Å². The van der Waals surface area contributed by atoms with Gasteiger partial charge in [0.15, 0.2) is 0 Å². The van der Waals surface area contributed by atoms with Crippen LogP contribution in [0, 0.1) is 5.92 Å². The number of nitrogens with one attached hydrogen (secondary N) is 1. The maximum atomic E-state index is 11.0. The van der Waals surface area contributed by atoms with Crippen LogP contribution < -0.4 is 5.32 Å². The van der Waals surface area contributed by atoms with Crippen LogP contribution in [0.1, 0.15) is 19.3 Å². The van der Waals surface area contributed by atoms with Crippen molar-refractivity contribution < 1.29 is 29.4 Å². The summed E-state index contributed by atoms with van der Waals surface area (Å²) in [7, 11) is -5.08. The summed E-state index contributed by atoms with van der Waals surface area (Å²) in [5.41, 5.74) is 0. The van der Waals surface area contributed by atoms with Crippen molar-refractivity contribution in [2.24, 2.45) is 5.92 Å². The third kappa shape index (κ3) is 2.81. The lowest BCUT2D eigenvalue weighted by Gasteiger charge is -2.30. The lowest BCUT2D eigenvalue weighted by atomic mass is 9.93. The fraction of sp³-hybridized carbons (Fsp3) is 0.875. The Kier molecular flexibility index (Phi) is 4.09. The summed E-state index contributed by atoms with van der Waals surface area (Å²) in [5.74, 6) is -2.10. The number of carboxylic acid groups (broad SMARTS) is 1. The average molecular weight is 253 g/mol. The van der Waals surface area contributed by atoms with Crippen molar-refractivity contribution in [3.8, 4) is 0 Å². The highest BCUT2D eigenvalue weighted by molar-refractivity contribution is 7.54. The summed E-state index contributed by atoms with van der Waals surface area (Å²) in [6.07, 6.45) is 1.03. The SMILES string of the molecule is O=C(O)C(O)(CC1CCCNC1)P(=O)(O)O. The van der Waals surface area contributed by atoms with Gasteiger partial charge in [0.2, 0.25) is 0 Å². The van der Waals surface area contributed by atoms with Gasteiger partial charge in [-0.3, -0.25) is 4.57 Å². The Labute approximate surface area is 92.6 Å². The molecule has 1 heterocycles. The molecule has 0 saturated carbocycles. The van der Waals surface area contributed by atoms with Crippen molar-refractivity contribution >= 4 is 13.6 Å². The minimum absolute atomic E-state index is 0.234. The van der Waals surface area contributed by atoms with Crippen LogP contribution >= 0.6 is 7.60 Å². The molecule has 0 aromatic rings. The Morgan fingerprint density at radius 1 is 1.50 bits per heavy atom. The van der Waals surface area contributed by atoms with E-state index in [-0.39, 0.29) is 5.92 Å². The van der Waals surface area contributed by atoms with E-state index in [2.05, 4.69) is 5.32 Å². The van der Waals surface area contributed by atoms with Gasteiger partial charge in [-0.1, -0.05) is 0 Å². The molecule has 1 aliphatic heterocycles. The molecule has 7 nitrogen and oxygen atoms in total. The zero-order valence-electron chi connectivity index (χ0n) is 8.67. The Bertz CT molecular complexity index is 310. The summed E-state index contributed by atoms with van der Waals surface area (Å²) >= 11 is 0. The molecule has 0 aliphatic carbocycles. The zero-order valence-corrected chi connectivity index (χ0v) is 9.56. The molecule has 0 amide bonds. The largest absolute Gasteiger partial charge is 0.479 e. The van der Waals surface area contributed by atoms with Gasteiger partial charge in [0.1, 0.15) is 0 Å². The topological polar surface area (TPSA) is 127 Å². The lowest BCUT2D eigenvalue weighted by Crippen LogP contribution is -2.43. The van der Waals surface area contributed by atoms with Crippen LogP contribution in [0.3, 0.4) is 0 Å². The molecule has 0 bridgehead atoms. The maximum absolute atomic E-state index is 11.0. The monoisotopic (exact) mass is 253 g/mol. The molecular formula is C8H16NO6P. The van der Waals surface area contributed by atoms with Gasteiger partial charge < -0.3 is 25.3 Å². The standard InChI is InChI=1S/C8H16NO6P/c10-7(11)8(12,16(13,14)15)4-6-2-1-3-9-5-6/h6,9,12H,1-5H2,(H,10,11)(H2,13,14,15). The van der Waals surface area contributed by atoms with Crippen LogP contribution in [0.5, 0.6) is 0 Å². The Hall–Kier alpha value is -0.460. The van der Waals surface area contributed by atoms with Crippen molar-refractivity contribution in [1.82, 2.24) is 5.32 Å². The van der Waals surface area contributed by atoms with Crippen molar-refractivity contribution in [2.45, 2.75) is 24.6 Å². The molecule has 5 N–H and O–H groups in total. The van der Waals surface area contributed by atoms with Crippen LogP contribution in [0.4, 0.5) is 0 Å². The highest BCUT2D eigenvalue weighted by atomic mass is 31.2. The summed E-state index contributed by atoms with van der Waals surface area (Å²) < 4.78 is 11.0. The highest BCUT2D eigenvalue weighted by Crippen LogP contribution is 2.52. The van der Waals surface area contributed by atoms with Gasteiger partial charge in [-0.2, -0.15) is 0 Å². The molecular weight excluding hydrogens is 237 g/mol. The van der Waals surface area contributed by atoms with Crippen molar-refractivity contribution in [2.75, 3.05) is 13.1 Å². The molecule has 0 spiro atoms. The normalized spacial score (nSPS) is 26.1. The fourth-order valence-corrected chi connectivity index (χ4v) is 2.58. The number of piperidine rings is 1. The van der Waals surface area contributed by atoms with E-state index in [9.17, 15) is 14.5 Å². The van der Waals surface area contributed by atoms with Crippen LogP contribution in [0.2, 0.25) is 0 Å². The van der Waals surface area contributed by atoms with E-state index < -0.39 is 25.3 Å². The first-order chi connectivity index (χ1) is 7.27. The highest BCUT2D eigenvalue weighted by Gasteiger charge is 2.53. The fourth-order valence-electron chi connectivity index (χ4n) is 1.83. The van der Waals surface area contributed by atoms with Crippen LogP contribution in [-0.2, 0) is 9.36 Å². The van der Waals surface area contributed by atoms with E-state index in [1.54, 1.807) is 0 Å². The molecule has 94 valence electrons. The number of rotatable bonds is 4. The van der Waals surface area contributed by atoms with Gasteiger partial charge >= 0.3 is 13.6 Å². The summed E-state index contributed by atoms with van der Waals surface area (Å²) in [4.78, 5) is 28.6. The molecule has 1 aliphatic rings. The maximum Gasteiger partial charge on any atom is 0.368 e. The third-order valence-corrected chi connectivity index (χ3v) is 4.13. The third-order valence-electron chi connectivity index (χ3n) is 2.80. The van der Waals surface area contributed by atoms with Crippen LogP contribution in [-0.4, -0.2) is 44.4 Å². The minimum atomic E-state index is -5.08. The molecule has 0 aromatic heterocycles. The van der Waals surface area contributed by atoms with Crippen LogP contribution in [0.25, 0.3) is 0 Å². The second kappa shape index (κ2) is 4.81. The van der Waals surface area contributed by atoms with Crippen LogP contribution in [0.15, 0.2) is 0 Å². The molecule has 0 aromatic carbocycles. The number of aliphatic hydroxyl groups is 1. The molecule has 16 heavy (non-hydrogen) atoms. The first kappa shape index (κ1) is 13.6. The Balaban J connectivity index is 2.79. The first-order valence-corrected chi connectivity index (χ1v) is 6.61. The zero-order chi connectivity index (χ0) is 12.4. The number of hydrogen-bond acceptors (Lipinski definition) is 4. The quantitative estimate of drug-likeness (QED) is 0.420. The van der Waals surface area contributed by atoms with Gasteiger partial charge in [-0.25, -0.2) is 4.79 Å².